The van der Waals surface area contributed by atoms with Crippen molar-refractivity contribution in [2.45, 2.75) is 33.4 Å². The Kier molecular flexibility index (Phi) is 4.88. The summed E-state index contributed by atoms with van der Waals surface area (Å²) in [6.07, 6.45) is 0. The van der Waals surface area contributed by atoms with Crippen LogP contribution in [0, 0.1) is 13.8 Å². The second-order valence-corrected chi connectivity index (χ2v) is 5.84. The molecule has 2 rings (SSSR count). The number of hydrogen-bond donors (Lipinski definition) is 2. The number of carbonyl (C=O) groups is 1. The lowest BCUT2D eigenvalue weighted by Gasteiger charge is -2.22. The van der Waals surface area contributed by atoms with Gasteiger partial charge in [0, 0.05) is 20.6 Å². The average molecular weight is 317 g/mol. The number of carbonyl (C=O) groups excluding carboxylic acids is 1. The number of nitrogens with one attached hydrogen (secondary N) is 2. The van der Waals surface area contributed by atoms with Gasteiger partial charge in [-0.25, -0.2) is 14.7 Å². The molecule has 2 N–H and O–H groups in total. The molecule has 1 atom stereocenters. The van der Waals surface area contributed by atoms with Gasteiger partial charge in [0.15, 0.2) is 5.82 Å². The Morgan fingerprint density at radius 3 is 2.52 bits per heavy atom. The molecule has 2 aromatic rings. The number of hydrogen-bond acceptors (Lipinski definition) is 3. The van der Waals surface area contributed by atoms with E-state index in [2.05, 4.69) is 15.5 Å². The predicted octanol–water partition coefficient (Wildman–Crippen LogP) is 1.63. The van der Waals surface area contributed by atoms with E-state index in [0.717, 1.165) is 16.7 Å². The molecule has 0 fully saturated rings. The van der Waals surface area contributed by atoms with E-state index in [9.17, 15) is 9.59 Å². The highest BCUT2D eigenvalue weighted by molar-refractivity contribution is 5.74. The third-order valence-corrected chi connectivity index (χ3v) is 4.03. The number of aryl methyl sites for hydroxylation is 2. The summed E-state index contributed by atoms with van der Waals surface area (Å²) in [4.78, 5) is 25.4. The molecule has 0 aliphatic carbocycles. The molecule has 0 unspecified atom stereocenters. The molecule has 7 heteroatoms. The Labute approximate surface area is 135 Å². The van der Waals surface area contributed by atoms with Gasteiger partial charge in [0.05, 0.1) is 6.04 Å². The van der Waals surface area contributed by atoms with Gasteiger partial charge in [-0.15, -0.1) is 0 Å². The van der Waals surface area contributed by atoms with Crippen molar-refractivity contribution in [3.63, 3.8) is 0 Å². The number of nitrogens with zero attached hydrogens (tertiary/aromatic N) is 3. The second kappa shape index (κ2) is 6.68. The summed E-state index contributed by atoms with van der Waals surface area (Å²) in [5, 5.41) is 9.15. The predicted molar refractivity (Wildman–Crippen MR) is 88.2 cm³/mol. The normalized spacial score (nSPS) is 12.0. The van der Waals surface area contributed by atoms with Crippen LogP contribution in [0.15, 0.2) is 23.0 Å². The van der Waals surface area contributed by atoms with Gasteiger partial charge in [-0.2, -0.15) is 5.10 Å². The number of urea groups is 1. The highest BCUT2D eigenvalue weighted by Crippen LogP contribution is 2.15. The largest absolute Gasteiger partial charge is 0.343 e. The first-order valence-electron chi connectivity index (χ1n) is 7.49. The van der Waals surface area contributed by atoms with E-state index < -0.39 is 0 Å². The lowest BCUT2D eigenvalue weighted by Crippen LogP contribution is -2.39. The van der Waals surface area contributed by atoms with Gasteiger partial charge in [-0.05, 0) is 37.5 Å². The van der Waals surface area contributed by atoms with Crippen LogP contribution in [-0.2, 0) is 13.6 Å². The Hall–Kier alpha value is -2.57. The second-order valence-electron chi connectivity index (χ2n) is 5.84. The first-order chi connectivity index (χ1) is 10.8. The van der Waals surface area contributed by atoms with E-state index in [1.165, 1.54) is 4.57 Å². The molecule has 0 spiro atoms. The minimum atomic E-state index is -0.369. The zero-order valence-corrected chi connectivity index (χ0v) is 14.2. The minimum absolute atomic E-state index is 0.212. The molecule has 7 nitrogen and oxygen atoms in total. The molecule has 1 aromatic carbocycles. The van der Waals surface area contributed by atoms with Crippen LogP contribution in [0.1, 0.15) is 35.5 Å². The summed E-state index contributed by atoms with van der Waals surface area (Å²) in [5.41, 5.74) is 3.16. The molecule has 2 amide bonds. The Balaban J connectivity index is 2.05. The van der Waals surface area contributed by atoms with E-state index in [-0.39, 0.29) is 17.8 Å². The van der Waals surface area contributed by atoms with Gasteiger partial charge >= 0.3 is 11.7 Å². The average Bonchev–Trinajstić information content (AvgIpc) is 2.82. The zero-order valence-electron chi connectivity index (χ0n) is 14.2. The van der Waals surface area contributed by atoms with Crippen LogP contribution in [0.2, 0.25) is 0 Å². The molecule has 0 saturated heterocycles. The lowest BCUT2D eigenvalue weighted by atomic mass is 10.0. The van der Waals surface area contributed by atoms with Crippen LogP contribution in [0.4, 0.5) is 4.79 Å². The lowest BCUT2D eigenvalue weighted by molar-refractivity contribution is 0.202. The number of rotatable bonds is 4. The van der Waals surface area contributed by atoms with Gasteiger partial charge in [-0.1, -0.05) is 18.2 Å². The van der Waals surface area contributed by atoms with Crippen LogP contribution < -0.4 is 11.0 Å². The van der Waals surface area contributed by atoms with E-state index in [0.29, 0.717) is 12.4 Å². The third-order valence-electron chi connectivity index (χ3n) is 4.03. The molecule has 0 aliphatic heterocycles. The van der Waals surface area contributed by atoms with E-state index in [4.69, 9.17) is 0 Å². The maximum atomic E-state index is 12.4. The molecule has 0 radical (unpaired) electrons. The van der Waals surface area contributed by atoms with Crippen LogP contribution in [0.3, 0.4) is 0 Å². The number of amides is 2. The van der Waals surface area contributed by atoms with Crippen LogP contribution in [0.5, 0.6) is 0 Å². The molecular weight excluding hydrogens is 294 g/mol. The summed E-state index contributed by atoms with van der Waals surface area (Å²) in [7, 11) is 3.36. The molecule has 0 saturated carbocycles. The standard InChI is InChI=1S/C16H23N5O2/c1-10-7-6-8-11(2)13(10)9-20(4)15(22)17-12(3)14-18-19-16(23)21(14)5/h6-8,12H,9H2,1-5H3,(H,17,22)(H,19,23)/t12-/m0/s1. The van der Waals surface area contributed by atoms with E-state index in [1.54, 1.807) is 25.9 Å². The Bertz CT molecular complexity index is 742. The van der Waals surface area contributed by atoms with Crippen molar-refractivity contribution in [1.82, 2.24) is 25.0 Å². The van der Waals surface area contributed by atoms with Gasteiger partial charge in [-0.3, -0.25) is 4.57 Å². The SMILES string of the molecule is Cc1cccc(C)c1CN(C)C(=O)N[C@@H](C)c1n[nH]c(=O)n1C. The van der Waals surface area contributed by atoms with Crippen LogP contribution >= 0.6 is 0 Å². The van der Waals surface area contributed by atoms with E-state index in [1.807, 2.05) is 32.0 Å². The fourth-order valence-electron chi connectivity index (χ4n) is 2.51. The Morgan fingerprint density at radius 1 is 1.39 bits per heavy atom. The van der Waals surface area contributed by atoms with Crippen LogP contribution in [0.25, 0.3) is 0 Å². The first kappa shape index (κ1) is 16.8. The van der Waals surface area contributed by atoms with Crippen molar-refractivity contribution in [3.8, 4) is 0 Å². The Morgan fingerprint density at radius 2 is 2.00 bits per heavy atom. The molecule has 124 valence electrons. The monoisotopic (exact) mass is 317 g/mol. The summed E-state index contributed by atoms with van der Waals surface area (Å²) < 4.78 is 1.39. The van der Waals surface area contributed by atoms with Crippen molar-refractivity contribution in [2.24, 2.45) is 7.05 Å². The quantitative estimate of drug-likeness (QED) is 0.899. The summed E-state index contributed by atoms with van der Waals surface area (Å²) in [5.74, 6) is 0.490. The zero-order chi connectivity index (χ0) is 17.1. The summed E-state index contributed by atoms with van der Waals surface area (Å²) in [6, 6.07) is 5.50. The highest BCUT2D eigenvalue weighted by Gasteiger charge is 2.18. The first-order valence-corrected chi connectivity index (χ1v) is 7.49. The summed E-state index contributed by atoms with van der Waals surface area (Å²) in [6.45, 7) is 6.39. The van der Waals surface area contributed by atoms with Gasteiger partial charge in [0.2, 0.25) is 0 Å². The fourth-order valence-corrected chi connectivity index (χ4v) is 2.51. The third kappa shape index (κ3) is 3.61. The van der Waals surface area contributed by atoms with Crippen molar-refractivity contribution >= 4 is 6.03 Å². The molecule has 0 bridgehead atoms. The molecule has 23 heavy (non-hydrogen) atoms. The minimum Gasteiger partial charge on any atom is -0.328 e. The number of H-pyrrole nitrogens is 1. The van der Waals surface area contributed by atoms with Crippen molar-refractivity contribution < 1.29 is 4.79 Å². The number of benzene rings is 1. The smallest absolute Gasteiger partial charge is 0.328 e. The van der Waals surface area contributed by atoms with Crippen LogP contribution in [-0.4, -0.2) is 32.7 Å². The fraction of sp³-hybridized carbons (Fsp3) is 0.438. The highest BCUT2D eigenvalue weighted by atomic mass is 16.2. The van der Waals surface area contributed by atoms with Gasteiger partial charge in [0.1, 0.15) is 0 Å². The molecular formula is C16H23N5O2. The van der Waals surface area contributed by atoms with Gasteiger partial charge < -0.3 is 10.2 Å². The van der Waals surface area contributed by atoms with Crippen molar-refractivity contribution in [3.05, 3.63) is 51.2 Å². The molecule has 0 aliphatic rings. The maximum Gasteiger partial charge on any atom is 0.343 e. The topological polar surface area (TPSA) is 83.0 Å². The van der Waals surface area contributed by atoms with E-state index >= 15 is 0 Å². The number of aromatic nitrogens is 3. The molecule has 1 aromatic heterocycles. The van der Waals surface area contributed by atoms with Crippen molar-refractivity contribution in [1.29, 1.82) is 0 Å². The molecule has 1 heterocycles. The number of aromatic amines is 1. The summed E-state index contributed by atoms with van der Waals surface area (Å²) >= 11 is 0. The maximum absolute atomic E-state index is 12.4. The van der Waals surface area contributed by atoms with Gasteiger partial charge in [0.25, 0.3) is 0 Å². The van der Waals surface area contributed by atoms with Crippen molar-refractivity contribution in [2.75, 3.05) is 7.05 Å².